The number of hydrogen-bond acceptors (Lipinski definition) is 8. The third kappa shape index (κ3) is 4.62. The van der Waals surface area contributed by atoms with Crippen LogP contribution in [0.15, 0.2) is 45.0 Å². The Morgan fingerprint density at radius 1 is 1.28 bits per heavy atom. The molecule has 8 nitrogen and oxygen atoms in total. The summed E-state index contributed by atoms with van der Waals surface area (Å²) in [6.07, 6.45) is 0.732. The number of anilines is 1. The van der Waals surface area contributed by atoms with Crippen LogP contribution >= 0.6 is 23.1 Å². The second kappa shape index (κ2) is 8.17. The molecular formula is C18H17N3O5S3. The SMILES string of the molecule is O=C(COC(=O)c1ccc2c(c1)SC1=NS(=O)(=O)CCN12)NCCc1cccs1. The van der Waals surface area contributed by atoms with Crippen molar-refractivity contribution in [3.05, 3.63) is 46.2 Å². The number of amides is 1. The van der Waals surface area contributed by atoms with E-state index in [0.717, 1.165) is 17.0 Å². The minimum atomic E-state index is -3.43. The predicted molar refractivity (Wildman–Crippen MR) is 112 cm³/mol. The minimum Gasteiger partial charge on any atom is -0.452 e. The number of fused-ring (bicyclic) bond motifs is 3. The van der Waals surface area contributed by atoms with E-state index in [-0.39, 0.29) is 18.3 Å². The monoisotopic (exact) mass is 451 g/mol. The summed E-state index contributed by atoms with van der Waals surface area (Å²) in [6, 6.07) is 8.92. The fourth-order valence-corrected chi connectivity index (χ4v) is 5.91. The van der Waals surface area contributed by atoms with Crippen LogP contribution in [-0.4, -0.2) is 50.9 Å². The first-order valence-corrected chi connectivity index (χ1v) is 12.1. The number of nitrogens with zero attached hydrogens (tertiary/aromatic N) is 2. The number of ether oxygens (including phenoxy) is 1. The summed E-state index contributed by atoms with van der Waals surface area (Å²) in [7, 11) is -3.43. The number of carbonyl (C=O) groups is 2. The van der Waals surface area contributed by atoms with E-state index in [1.807, 2.05) is 22.4 Å². The highest BCUT2D eigenvalue weighted by Gasteiger charge is 2.33. The first kappa shape index (κ1) is 19.9. The zero-order chi connectivity index (χ0) is 20.4. The first-order valence-electron chi connectivity index (χ1n) is 8.79. The van der Waals surface area contributed by atoms with E-state index in [0.29, 0.717) is 23.8 Å². The molecule has 0 unspecified atom stereocenters. The molecule has 0 saturated carbocycles. The van der Waals surface area contributed by atoms with Gasteiger partial charge in [0.2, 0.25) is 0 Å². The molecule has 2 aromatic rings. The summed E-state index contributed by atoms with van der Waals surface area (Å²) in [5.74, 6) is -1.01. The van der Waals surface area contributed by atoms with Gasteiger partial charge in [-0.05, 0) is 47.8 Å². The van der Waals surface area contributed by atoms with Crippen LogP contribution in [-0.2, 0) is 26.0 Å². The molecule has 11 heteroatoms. The van der Waals surface area contributed by atoms with Crippen LogP contribution in [0, 0.1) is 0 Å². The van der Waals surface area contributed by atoms with E-state index < -0.39 is 16.0 Å². The fraction of sp³-hybridized carbons (Fsp3) is 0.278. The molecular weight excluding hydrogens is 434 g/mol. The van der Waals surface area contributed by atoms with Gasteiger partial charge in [-0.3, -0.25) is 4.79 Å². The van der Waals surface area contributed by atoms with Gasteiger partial charge in [-0.1, -0.05) is 6.07 Å². The molecule has 0 radical (unpaired) electrons. The van der Waals surface area contributed by atoms with E-state index >= 15 is 0 Å². The third-order valence-electron chi connectivity index (χ3n) is 4.32. The van der Waals surface area contributed by atoms with Crippen LogP contribution < -0.4 is 10.2 Å². The lowest BCUT2D eigenvalue weighted by atomic mass is 10.2. The van der Waals surface area contributed by atoms with Crippen molar-refractivity contribution in [3.63, 3.8) is 0 Å². The second-order valence-corrected chi connectivity index (χ2v) is 10.1. The van der Waals surface area contributed by atoms with Gasteiger partial charge in [-0.25, -0.2) is 13.2 Å². The molecule has 152 valence electrons. The Hall–Kier alpha value is -2.37. The normalized spacial score (nSPS) is 16.6. The first-order chi connectivity index (χ1) is 13.9. The van der Waals surface area contributed by atoms with Gasteiger partial charge in [0.15, 0.2) is 11.8 Å². The zero-order valence-electron chi connectivity index (χ0n) is 15.2. The maximum Gasteiger partial charge on any atom is 0.338 e. The molecule has 1 N–H and O–H groups in total. The van der Waals surface area contributed by atoms with Crippen molar-refractivity contribution in [1.82, 2.24) is 5.32 Å². The van der Waals surface area contributed by atoms with Crippen LogP contribution in [0.3, 0.4) is 0 Å². The summed E-state index contributed by atoms with van der Waals surface area (Å²) in [6.45, 7) is 0.453. The topological polar surface area (TPSA) is 105 Å². The van der Waals surface area contributed by atoms with Gasteiger partial charge in [0, 0.05) is 22.9 Å². The molecule has 1 aromatic carbocycles. The third-order valence-corrected chi connectivity index (χ3v) is 7.56. The van der Waals surface area contributed by atoms with Gasteiger partial charge < -0.3 is 15.0 Å². The maximum absolute atomic E-state index is 12.3. The maximum atomic E-state index is 12.3. The highest BCUT2D eigenvalue weighted by molar-refractivity contribution is 8.15. The molecule has 0 saturated heterocycles. The zero-order valence-corrected chi connectivity index (χ0v) is 17.6. The Labute approximate surface area is 176 Å². The molecule has 2 aliphatic heterocycles. The molecule has 0 aliphatic carbocycles. The standard InChI is InChI=1S/C18H17N3O5S3/c22-16(19-6-5-13-2-1-8-27-13)11-26-17(23)12-3-4-14-15(10-12)28-18-20-29(24,25)9-7-21(14)18/h1-4,8,10H,5-7,9,11H2,(H,19,22). The number of thioether (sulfide) groups is 1. The highest BCUT2D eigenvalue weighted by atomic mass is 32.2. The van der Waals surface area contributed by atoms with E-state index in [1.54, 1.807) is 29.5 Å². The molecule has 2 aliphatic rings. The number of thiophene rings is 1. The van der Waals surface area contributed by atoms with Crippen LogP contribution in [0.4, 0.5) is 5.69 Å². The van der Waals surface area contributed by atoms with Crippen LogP contribution in [0.1, 0.15) is 15.2 Å². The molecule has 3 heterocycles. The van der Waals surface area contributed by atoms with Gasteiger partial charge in [-0.15, -0.1) is 15.7 Å². The van der Waals surface area contributed by atoms with Crippen molar-refractivity contribution in [1.29, 1.82) is 0 Å². The van der Waals surface area contributed by atoms with Crippen molar-refractivity contribution >= 4 is 55.9 Å². The van der Waals surface area contributed by atoms with Crippen molar-refractivity contribution in [2.24, 2.45) is 4.40 Å². The Bertz CT molecular complexity index is 1080. The van der Waals surface area contributed by atoms with Crippen molar-refractivity contribution in [3.8, 4) is 0 Å². The quantitative estimate of drug-likeness (QED) is 0.669. The average molecular weight is 452 g/mol. The molecule has 4 rings (SSSR count). The number of nitrogens with one attached hydrogen (secondary N) is 1. The smallest absolute Gasteiger partial charge is 0.338 e. The van der Waals surface area contributed by atoms with Crippen LogP contribution in [0.2, 0.25) is 0 Å². The average Bonchev–Trinajstić information content (AvgIpc) is 3.31. The fourth-order valence-electron chi connectivity index (χ4n) is 2.90. The van der Waals surface area contributed by atoms with Gasteiger partial charge in [0.1, 0.15) is 0 Å². The predicted octanol–water partition coefficient (Wildman–Crippen LogP) is 1.88. The van der Waals surface area contributed by atoms with Gasteiger partial charge in [0.05, 0.1) is 17.0 Å². The molecule has 0 bridgehead atoms. The number of sulfonamides is 1. The van der Waals surface area contributed by atoms with Crippen molar-refractivity contribution < 1.29 is 22.7 Å². The molecule has 0 atom stereocenters. The number of benzene rings is 1. The largest absolute Gasteiger partial charge is 0.452 e. The molecule has 0 fully saturated rings. The number of amidine groups is 1. The Balaban J connectivity index is 1.32. The summed E-state index contributed by atoms with van der Waals surface area (Å²) < 4.78 is 32.2. The molecule has 1 amide bonds. The number of carbonyl (C=O) groups excluding carboxylic acids is 2. The minimum absolute atomic E-state index is 0.0398. The number of esters is 1. The Morgan fingerprint density at radius 3 is 2.93 bits per heavy atom. The molecule has 29 heavy (non-hydrogen) atoms. The second-order valence-electron chi connectivity index (χ2n) is 6.35. The Kier molecular flexibility index (Phi) is 5.61. The van der Waals surface area contributed by atoms with E-state index in [4.69, 9.17) is 4.74 Å². The lowest BCUT2D eigenvalue weighted by Crippen LogP contribution is -2.35. The van der Waals surface area contributed by atoms with E-state index in [1.165, 1.54) is 16.6 Å². The molecule has 1 aromatic heterocycles. The van der Waals surface area contributed by atoms with Crippen molar-refractivity contribution in [2.45, 2.75) is 11.3 Å². The van der Waals surface area contributed by atoms with Gasteiger partial charge in [-0.2, -0.15) is 0 Å². The Morgan fingerprint density at radius 2 is 2.14 bits per heavy atom. The number of rotatable bonds is 6. The van der Waals surface area contributed by atoms with Gasteiger partial charge in [0.25, 0.3) is 15.9 Å². The van der Waals surface area contributed by atoms with Crippen molar-refractivity contribution in [2.75, 3.05) is 30.3 Å². The van der Waals surface area contributed by atoms with Crippen LogP contribution in [0.25, 0.3) is 0 Å². The molecule has 0 spiro atoms. The lowest BCUT2D eigenvalue weighted by molar-refractivity contribution is -0.124. The van der Waals surface area contributed by atoms with E-state index in [9.17, 15) is 18.0 Å². The summed E-state index contributed by atoms with van der Waals surface area (Å²) in [5, 5.41) is 5.09. The summed E-state index contributed by atoms with van der Waals surface area (Å²) in [4.78, 5) is 27.9. The van der Waals surface area contributed by atoms with Crippen LogP contribution in [0.5, 0.6) is 0 Å². The summed E-state index contributed by atoms with van der Waals surface area (Å²) in [5.41, 5.74) is 1.11. The highest BCUT2D eigenvalue weighted by Crippen LogP contribution is 2.42. The summed E-state index contributed by atoms with van der Waals surface area (Å²) >= 11 is 2.82. The number of hydrogen-bond donors (Lipinski definition) is 1. The van der Waals surface area contributed by atoms with Gasteiger partial charge >= 0.3 is 5.97 Å². The lowest BCUT2D eigenvalue weighted by Gasteiger charge is -2.22. The van der Waals surface area contributed by atoms with E-state index in [2.05, 4.69) is 9.71 Å².